The third-order valence-corrected chi connectivity index (χ3v) is 6.61. The molecule has 1 N–H and O–H groups in total. The second-order valence-electron chi connectivity index (χ2n) is 6.98. The zero-order valence-electron chi connectivity index (χ0n) is 13.8. The van der Waals surface area contributed by atoms with Crippen molar-refractivity contribution in [3.8, 4) is 0 Å². The lowest BCUT2D eigenvalue weighted by Crippen LogP contribution is -2.47. The van der Waals surface area contributed by atoms with E-state index in [4.69, 9.17) is 4.98 Å². The number of thiazole rings is 1. The van der Waals surface area contributed by atoms with E-state index in [1.165, 1.54) is 43.4 Å². The Bertz CT molecular complexity index is 609. The first-order valence-electron chi connectivity index (χ1n) is 8.63. The Balaban J connectivity index is 1.55. The molecule has 23 heavy (non-hydrogen) atoms. The van der Waals surface area contributed by atoms with Gasteiger partial charge in [0.2, 0.25) is 10.0 Å². The minimum atomic E-state index is -3.12. The smallest absolute Gasteiger partial charge is 0.208 e. The molecule has 1 aromatic rings. The molecule has 0 amide bonds. The number of hydrogen-bond donors (Lipinski definition) is 1. The molecule has 1 unspecified atom stereocenters. The van der Waals surface area contributed by atoms with Gasteiger partial charge in [0.05, 0.1) is 17.0 Å². The second kappa shape index (κ2) is 7.59. The molecular weight excluding hydrogens is 330 g/mol. The molecule has 1 saturated heterocycles. The first-order chi connectivity index (χ1) is 11.0. The van der Waals surface area contributed by atoms with E-state index in [-0.39, 0.29) is 6.04 Å². The number of aromatic nitrogens is 1. The maximum absolute atomic E-state index is 11.4. The SMILES string of the molecule is CS(=O)(=O)NC1CCCN(Cc2csc(C3CCCCC3)n2)C1. The number of nitrogens with zero attached hydrogens (tertiary/aromatic N) is 2. The van der Waals surface area contributed by atoms with Gasteiger partial charge in [0.15, 0.2) is 0 Å². The van der Waals surface area contributed by atoms with Crippen LogP contribution in [0.4, 0.5) is 0 Å². The molecule has 130 valence electrons. The number of rotatable bonds is 5. The molecule has 0 aromatic carbocycles. The molecule has 0 bridgehead atoms. The van der Waals surface area contributed by atoms with E-state index >= 15 is 0 Å². The highest BCUT2D eigenvalue weighted by Crippen LogP contribution is 2.34. The Kier molecular flexibility index (Phi) is 5.72. The van der Waals surface area contributed by atoms with Crippen LogP contribution in [0.5, 0.6) is 0 Å². The van der Waals surface area contributed by atoms with Crippen molar-refractivity contribution in [2.75, 3.05) is 19.3 Å². The fourth-order valence-corrected chi connectivity index (χ4v) is 5.54. The van der Waals surface area contributed by atoms with Crippen molar-refractivity contribution in [2.24, 2.45) is 0 Å². The highest BCUT2D eigenvalue weighted by molar-refractivity contribution is 7.88. The van der Waals surface area contributed by atoms with Crippen LogP contribution in [-0.2, 0) is 16.6 Å². The molecular formula is C16H27N3O2S2. The normalized spacial score (nSPS) is 24.8. The first-order valence-corrected chi connectivity index (χ1v) is 11.4. The van der Waals surface area contributed by atoms with Crippen molar-refractivity contribution in [1.82, 2.24) is 14.6 Å². The zero-order chi connectivity index (χ0) is 16.3. The third-order valence-electron chi connectivity index (χ3n) is 4.80. The fraction of sp³-hybridized carbons (Fsp3) is 0.812. The predicted molar refractivity (Wildman–Crippen MR) is 94.2 cm³/mol. The number of sulfonamides is 1. The van der Waals surface area contributed by atoms with Gasteiger partial charge in [-0.05, 0) is 32.2 Å². The zero-order valence-corrected chi connectivity index (χ0v) is 15.5. The van der Waals surface area contributed by atoms with Gasteiger partial charge in [-0.15, -0.1) is 11.3 Å². The molecule has 0 spiro atoms. The standard InChI is InChI=1S/C16H27N3O2S2/c1-23(20,21)18-14-8-5-9-19(10-14)11-15-12-22-16(17-15)13-6-3-2-4-7-13/h12-14,18H,2-11H2,1H3. The highest BCUT2D eigenvalue weighted by Gasteiger charge is 2.24. The van der Waals surface area contributed by atoms with Crippen LogP contribution in [0, 0.1) is 0 Å². The average molecular weight is 358 g/mol. The Hall–Kier alpha value is -0.500. The molecule has 2 heterocycles. The summed E-state index contributed by atoms with van der Waals surface area (Å²) >= 11 is 1.81. The van der Waals surface area contributed by atoms with Crippen molar-refractivity contribution in [3.63, 3.8) is 0 Å². The lowest BCUT2D eigenvalue weighted by atomic mass is 9.90. The van der Waals surface area contributed by atoms with Crippen molar-refractivity contribution < 1.29 is 8.42 Å². The topological polar surface area (TPSA) is 62.3 Å². The Morgan fingerprint density at radius 3 is 2.78 bits per heavy atom. The highest BCUT2D eigenvalue weighted by atomic mass is 32.2. The molecule has 0 radical (unpaired) electrons. The van der Waals surface area contributed by atoms with E-state index < -0.39 is 10.0 Å². The Morgan fingerprint density at radius 1 is 1.26 bits per heavy atom. The Labute approximate surface area is 143 Å². The van der Waals surface area contributed by atoms with Crippen molar-refractivity contribution >= 4 is 21.4 Å². The van der Waals surface area contributed by atoms with Crippen LogP contribution in [0.15, 0.2) is 5.38 Å². The van der Waals surface area contributed by atoms with E-state index in [1.54, 1.807) is 11.3 Å². The molecule has 1 atom stereocenters. The molecule has 1 aliphatic carbocycles. The summed E-state index contributed by atoms with van der Waals surface area (Å²) in [5.41, 5.74) is 1.15. The van der Waals surface area contributed by atoms with E-state index in [0.29, 0.717) is 5.92 Å². The minimum absolute atomic E-state index is 0.0372. The van der Waals surface area contributed by atoms with Gasteiger partial charge >= 0.3 is 0 Å². The van der Waals surface area contributed by atoms with Crippen molar-refractivity contribution in [1.29, 1.82) is 0 Å². The number of piperidine rings is 1. The van der Waals surface area contributed by atoms with Crippen LogP contribution >= 0.6 is 11.3 Å². The summed E-state index contributed by atoms with van der Waals surface area (Å²) < 4.78 is 25.5. The lowest BCUT2D eigenvalue weighted by Gasteiger charge is -2.32. The van der Waals surface area contributed by atoms with Crippen LogP contribution < -0.4 is 4.72 Å². The summed E-state index contributed by atoms with van der Waals surface area (Å²) in [4.78, 5) is 7.19. The van der Waals surface area contributed by atoms with Crippen LogP contribution in [-0.4, -0.2) is 43.7 Å². The summed E-state index contributed by atoms with van der Waals surface area (Å²) in [6.45, 7) is 2.65. The third kappa shape index (κ3) is 5.24. The molecule has 1 aromatic heterocycles. The summed E-state index contributed by atoms with van der Waals surface area (Å²) in [6.07, 6.45) is 9.82. The van der Waals surface area contributed by atoms with Gasteiger partial charge in [0, 0.05) is 30.4 Å². The predicted octanol–water partition coefficient (Wildman–Crippen LogP) is 2.70. The average Bonchev–Trinajstić information content (AvgIpc) is 2.95. The van der Waals surface area contributed by atoms with Gasteiger partial charge in [0.25, 0.3) is 0 Å². The van der Waals surface area contributed by atoms with Gasteiger partial charge in [-0.25, -0.2) is 18.1 Å². The lowest BCUT2D eigenvalue weighted by molar-refractivity contribution is 0.193. The van der Waals surface area contributed by atoms with Gasteiger partial charge in [0.1, 0.15) is 0 Å². The molecule has 1 aliphatic heterocycles. The minimum Gasteiger partial charge on any atom is -0.296 e. The van der Waals surface area contributed by atoms with E-state index in [0.717, 1.165) is 38.2 Å². The number of nitrogens with one attached hydrogen (secondary N) is 1. The molecule has 2 fully saturated rings. The van der Waals surface area contributed by atoms with Crippen molar-refractivity contribution in [2.45, 2.75) is 63.5 Å². The number of likely N-dealkylation sites (tertiary alicyclic amines) is 1. The van der Waals surface area contributed by atoms with Gasteiger partial charge < -0.3 is 0 Å². The Morgan fingerprint density at radius 2 is 2.04 bits per heavy atom. The molecule has 2 aliphatic rings. The molecule has 5 nitrogen and oxygen atoms in total. The maximum Gasteiger partial charge on any atom is 0.208 e. The monoisotopic (exact) mass is 357 g/mol. The summed E-state index contributed by atoms with van der Waals surface area (Å²) in [5.74, 6) is 0.670. The largest absolute Gasteiger partial charge is 0.296 e. The summed E-state index contributed by atoms with van der Waals surface area (Å²) in [7, 11) is -3.12. The van der Waals surface area contributed by atoms with Crippen molar-refractivity contribution in [3.05, 3.63) is 16.1 Å². The quantitative estimate of drug-likeness (QED) is 0.880. The molecule has 1 saturated carbocycles. The van der Waals surface area contributed by atoms with E-state index in [1.807, 2.05) is 0 Å². The van der Waals surface area contributed by atoms with Crippen LogP contribution in [0.3, 0.4) is 0 Å². The molecule has 3 rings (SSSR count). The van der Waals surface area contributed by atoms with Gasteiger partial charge in [-0.2, -0.15) is 0 Å². The first kappa shape index (κ1) is 17.3. The fourth-order valence-electron chi connectivity index (χ4n) is 3.76. The van der Waals surface area contributed by atoms with E-state index in [9.17, 15) is 8.42 Å². The number of hydrogen-bond acceptors (Lipinski definition) is 5. The van der Waals surface area contributed by atoms with E-state index in [2.05, 4.69) is 15.0 Å². The summed E-state index contributed by atoms with van der Waals surface area (Å²) in [6, 6.07) is 0.0372. The van der Waals surface area contributed by atoms with Crippen LogP contribution in [0.2, 0.25) is 0 Å². The van der Waals surface area contributed by atoms with Gasteiger partial charge in [-0.3, -0.25) is 4.90 Å². The molecule has 7 heteroatoms. The van der Waals surface area contributed by atoms with Gasteiger partial charge in [-0.1, -0.05) is 19.3 Å². The maximum atomic E-state index is 11.4. The summed E-state index contributed by atoms with van der Waals surface area (Å²) in [5, 5.41) is 3.50. The van der Waals surface area contributed by atoms with Crippen LogP contribution in [0.25, 0.3) is 0 Å². The second-order valence-corrected chi connectivity index (χ2v) is 9.65. The van der Waals surface area contributed by atoms with Crippen LogP contribution in [0.1, 0.15) is 61.6 Å².